The molecule has 3 aliphatic carbocycles. The van der Waals surface area contributed by atoms with Gasteiger partial charge in [-0.25, -0.2) is 0 Å². The van der Waals surface area contributed by atoms with Gasteiger partial charge in [0.25, 0.3) is 11.5 Å². The van der Waals surface area contributed by atoms with Crippen molar-refractivity contribution in [3.8, 4) is 0 Å². The summed E-state index contributed by atoms with van der Waals surface area (Å²) < 4.78 is 7.24. The van der Waals surface area contributed by atoms with Crippen molar-refractivity contribution < 1.29 is 14.3 Å². The Kier molecular flexibility index (Phi) is 8.85. The highest BCUT2D eigenvalue weighted by Gasteiger charge is 2.34. The van der Waals surface area contributed by atoms with Crippen molar-refractivity contribution in [1.29, 1.82) is 0 Å². The standard InChI is InChI=1S/C28H42N2O4/c1-2-34-28(33)22-15-10-11-16-24(22)29-26(31)23-18-21-14-8-3-4-9-17-25(21)30(27(23)32)19-20-12-6-5-7-13-20/h18,20,22,24H,2-17,19H2,1H3,(H,29,31). The van der Waals surface area contributed by atoms with Gasteiger partial charge in [0.05, 0.1) is 12.5 Å². The zero-order valence-electron chi connectivity index (χ0n) is 20.9. The molecule has 0 spiro atoms. The quantitative estimate of drug-likeness (QED) is 0.598. The number of nitrogens with one attached hydrogen (secondary N) is 1. The summed E-state index contributed by atoms with van der Waals surface area (Å²) in [5.41, 5.74) is 2.44. The van der Waals surface area contributed by atoms with Crippen LogP contribution in [0, 0.1) is 11.8 Å². The number of aromatic nitrogens is 1. The Labute approximate surface area is 203 Å². The molecule has 188 valence electrons. The van der Waals surface area contributed by atoms with Gasteiger partial charge in [-0.15, -0.1) is 0 Å². The van der Waals surface area contributed by atoms with Crippen molar-refractivity contribution in [2.75, 3.05) is 6.61 Å². The van der Waals surface area contributed by atoms with Crippen molar-refractivity contribution >= 4 is 11.9 Å². The largest absolute Gasteiger partial charge is 0.466 e. The fraction of sp³-hybridized carbons (Fsp3) is 0.750. The van der Waals surface area contributed by atoms with Crippen LogP contribution in [-0.4, -0.2) is 29.1 Å². The third kappa shape index (κ3) is 5.92. The van der Waals surface area contributed by atoms with Crippen LogP contribution in [0.25, 0.3) is 0 Å². The molecule has 1 aromatic rings. The maximum absolute atomic E-state index is 13.7. The summed E-state index contributed by atoms with van der Waals surface area (Å²) in [5, 5.41) is 3.08. The summed E-state index contributed by atoms with van der Waals surface area (Å²) >= 11 is 0. The second-order valence-electron chi connectivity index (χ2n) is 10.6. The fourth-order valence-electron chi connectivity index (χ4n) is 6.30. The maximum atomic E-state index is 13.7. The van der Waals surface area contributed by atoms with Gasteiger partial charge in [-0.1, -0.05) is 44.9 Å². The predicted molar refractivity (Wildman–Crippen MR) is 133 cm³/mol. The first kappa shape index (κ1) is 25.0. The third-order valence-electron chi connectivity index (χ3n) is 8.18. The molecular formula is C28H42N2O4. The lowest BCUT2D eigenvalue weighted by molar-refractivity contribution is -0.150. The molecule has 0 bridgehead atoms. The lowest BCUT2D eigenvalue weighted by Gasteiger charge is -2.31. The Morgan fingerprint density at radius 2 is 1.62 bits per heavy atom. The van der Waals surface area contributed by atoms with Crippen LogP contribution in [-0.2, 0) is 28.9 Å². The highest BCUT2D eigenvalue weighted by atomic mass is 16.5. The molecule has 0 saturated heterocycles. The number of carbonyl (C=O) groups is 2. The molecule has 3 aliphatic rings. The highest BCUT2D eigenvalue weighted by Crippen LogP contribution is 2.28. The number of rotatable bonds is 6. The van der Waals surface area contributed by atoms with Crippen LogP contribution in [0.2, 0.25) is 0 Å². The number of carbonyl (C=O) groups excluding carboxylic acids is 2. The first-order chi connectivity index (χ1) is 16.6. The molecule has 0 radical (unpaired) electrons. The molecule has 6 heteroatoms. The summed E-state index contributed by atoms with van der Waals surface area (Å²) in [4.78, 5) is 39.7. The van der Waals surface area contributed by atoms with Gasteiger partial charge in [0.1, 0.15) is 5.56 Å². The molecule has 34 heavy (non-hydrogen) atoms. The van der Waals surface area contributed by atoms with Crippen LogP contribution in [0.5, 0.6) is 0 Å². The van der Waals surface area contributed by atoms with Crippen LogP contribution in [0.1, 0.15) is 112 Å². The molecule has 6 nitrogen and oxygen atoms in total. The molecule has 1 heterocycles. The van der Waals surface area contributed by atoms with E-state index in [1.165, 1.54) is 50.5 Å². The fourth-order valence-corrected chi connectivity index (χ4v) is 6.30. The Bertz CT molecular complexity index is 916. The molecule has 2 atom stereocenters. The molecule has 1 amide bonds. The van der Waals surface area contributed by atoms with Gasteiger partial charge in [0, 0.05) is 18.3 Å². The van der Waals surface area contributed by atoms with E-state index in [0.29, 0.717) is 12.5 Å². The lowest BCUT2D eigenvalue weighted by atomic mass is 9.84. The van der Waals surface area contributed by atoms with Gasteiger partial charge in [-0.2, -0.15) is 0 Å². The zero-order chi connectivity index (χ0) is 23.9. The average molecular weight is 471 g/mol. The van der Waals surface area contributed by atoms with Crippen molar-refractivity contribution in [3.05, 3.63) is 33.2 Å². The van der Waals surface area contributed by atoms with E-state index in [1.54, 1.807) is 6.92 Å². The van der Waals surface area contributed by atoms with Gasteiger partial charge in [-0.3, -0.25) is 14.4 Å². The zero-order valence-corrected chi connectivity index (χ0v) is 20.9. The average Bonchev–Trinajstić information content (AvgIpc) is 2.82. The van der Waals surface area contributed by atoms with Crippen LogP contribution in [0.15, 0.2) is 10.9 Å². The number of aryl methyl sites for hydroxylation is 1. The van der Waals surface area contributed by atoms with Gasteiger partial charge < -0.3 is 14.6 Å². The van der Waals surface area contributed by atoms with Crippen LogP contribution < -0.4 is 10.9 Å². The summed E-state index contributed by atoms with van der Waals surface area (Å²) in [7, 11) is 0. The van der Waals surface area contributed by atoms with E-state index in [1.807, 2.05) is 10.6 Å². The summed E-state index contributed by atoms with van der Waals surface area (Å²) in [6, 6.07) is 1.60. The normalized spacial score (nSPS) is 23.9. The molecule has 2 saturated carbocycles. The monoisotopic (exact) mass is 470 g/mol. The molecule has 0 aromatic carbocycles. The molecule has 1 N–H and O–H groups in total. The van der Waals surface area contributed by atoms with E-state index in [0.717, 1.165) is 63.6 Å². The molecule has 4 rings (SSSR count). The SMILES string of the molecule is CCOC(=O)C1CCCCC1NC(=O)c1cc2c(n(CC3CCCCC3)c1=O)CCCCCC2. The molecule has 1 aromatic heterocycles. The minimum atomic E-state index is -0.327. The van der Waals surface area contributed by atoms with E-state index in [-0.39, 0.29) is 35.0 Å². The molecular weight excluding hydrogens is 428 g/mol. The Balaban J connectivity index is 1.62. The van der Waals surface area contributed by atoms with Gasteiger partial charge in [0.2, 0.25) is 0 Å². The number of nitrogens with zero attached hydrogens (tertiary/aromatic N) is 1. The lowest BCUT2D eigenvalue weighted by Crippen LogP contribution is -2.47. The number of esters is 1. The molecule has 2 fully saturated rings. The van der Waals surface area contributed by atoms with Crippen LogP contribution in [0.3, 0.4) is 0 Å². The summed E-state index contributed by atoms with van der Waals surface area (Å²) in [5.74, 6) is -0.369. The number of pyridine rings is 1. The van der Waals surface area contributed by atoms with E-state index < -0.39 is 0 Å². The molecule has 2 unspecified atom stereocenters. The topological polar surface area (TPSA) is 77.4 Å². The van der Waals surface area contributed by atoms with E-state index in [2.05, 4.69) is 5.32 Å². The second-order valence-corrected chi connectivity index (χ2v) is 10.6. The van der Waals surface area contributed by atoms with Gasteiger partial charge in [-0.05, 0) is 75.8 Å². The van der Waals surface area contributed by atoms with E-state index in [4.69, 9.17) is 4.74 Å². The number of amides is 1. The van der Waals surface area contributed by atoms with Crippen molar-refractivity contribution in [2.45, 2.75) is 116 Å². The Morgan fingerprint density at radius 1 is 0.941 bits per heavy atom. The number of hydrogen-bond donors (Lipinski definition) is 1. The first-order valence-electron chi connectivity index (χ1n) is 13.8. The van der Waals surface area contributed by atoms with E-state index >= 15 is 0 Å². The van der Waals surface area contributed by atoms with Crippen molar-refractivity contribution in [2.24, 2.45) is 11.8 Å². The number of ether oxygens (including phenoxy) is 1. The Morgan fingerprint density at radius 3 is 2.38 bits per heavy atom. The minimum Gasteiger partial charge on any atom is -0.466 e. The van der Waals surface area contributed by atoms with Gasteiger partial charge >= 0.3 is 5.97 Å². The van der Waals surface area contributed by atoms with Crippen molar-refractivity contribution in [1.82, 2.24) is 9.88 Å². The smallest absolute Gasteiger partial charge is 0.311 e. The Hall–Kier alpha value is -2.11. The maximum Gasteiger partial charge on any atom is 0.311 e. The third-order valence-corrected chi connectivity index (χ3v) is 8.18. The summed E-state index contributed by atoms with van der Waals surface area (Å²) in [6.07, 6.45) is 15.9. The summed E-state index contributed by atoms with van der Waals surface area (Å²) in [6.45, 7) is 2.88. The van der Waals surface area contributed by atoms with Crippen LogP contribution >= 0.6 is 0 Å². The van der Waals surface area contributed by atoms with E-state index in [9.17, 15) is 14.4 Å². The molecule has 0 aliphatic heterocycles. The highest BCUT2D eigenvalue weighted by molar-refractivity contribution is 5.94. The number of fused-ring (bicyclic) bond motifs is 1. The van der Waals surface area contributed by atoms with Crippen molar-refractivity contribution in [3.63, 3.8) is 0 Å². The second kappa shape index (κ2) is 12.0. The first-order valence-corrected chi connectivity index (χ1v) is 13.8. The van der Waals surface area contributed by atoms with Crippen LogP contribution in [0.4, 0.5) is 0 Å². The minimum absolute atomic E-state index is 0.147. The number of hydrogen-bond acceptors (Lipinski definition) is 4. The predicted octanol–water partition coefficient (Wildman–Crippen LogP) is 4.94. The van der Waals surface area contributed by atoms with Gasteiger partial charge in [0.15, 0.2) is 0 Å².